The van der Waals surface area contributed by atoms with Crippen LogP contribution in [0.2, 0.25) is 0 Å². The van der Waals surface area contributed by atoms with E-state index in [1.807, 2.05) is 36.4 Å². The summed E-state index contributed by atoms with van der Waals surface area (Å²) < 4.78 is 0. The number of aliphatic hydroxyl groups excluding tert-OH is 1. The number of rotatable bonds is 2. The maximum atomic E-state index is 10.8. The van der Waals surface area contributed by atoms with Crippen molar-refractivity contribution in [2.45, 2.75) is 24.9 Å². The number of carboxylic acids is 1. The van der Waals surface area contributed by atoms with Crippen molar-refractivity contribution in [3.8, 4) is 0 Å². The molecule has 6 N–H and O–H groups in total. The normalized spacial score (nSPS) is 26.4. The van der Waals surface area contributed by atoms with Gasteiger partial charge in [0.1, 0.15) is 0 Å². The molecule has 0 radical (unpaired) electrons. The van der Waals surface area contributed by atoms with Gasteiger partial charge in [-0.15, -0.1) is 0 Å². The van der Waals surface area contributed by atoms with Gasteiger partial charge in [0.05, 0.1) is 5.92 Å². The van der Waals surface area contributed by atoms with Gasteiger partial charge in [-0.2, -0.15) is 0 Å². The van der Waals surface area contributed by atoms with E-state index in [0.29, 0.717) is 6.42 Å². The topological polar surface area (TPSA) is 110 Å². The number of carboxylic acid groups (broad SMARTS) is 1. The SMILES string of the molecule is N[C@H]1c2ccccc2C[C@H]1C(=O)O.N[C@H]1c2ccccc2C[C@H]1CO. The van der Waals surface area contributed by atoms with Gasteiger partial charge in [-0.25, -0.2) is 0 Å². The third-order valence-electron chi connectivity index (χ3n) is 5.24. The monoisotopic (exact) mass is 340 g/mol. The summed E-state index contributed by atoms with van der Waals surface area (Å²) >= 11 is 0. The van der Waals surface area contributed by atoms with Gasteiger partial charge in [-0.1, -0.05) is 48.5 Å². The predicted molar refractivity (Wildman–Crippen MR) is 95.9 cm³/mol. The predicted octanol–water partition coefficient (Wildman–Crippen LogP) is 1.79. The zero-order valence-corrected chi connectivity index (χ0v) is 14.0. The smallest absolute Gasteiger partial charge is 0.308 e. The lowest BCUT2D eigenvalue weighted by Crippen LogP contribution is -2.24. The molecule has 5 nitrogen and oxygen atoms in total. The minimum atomic E-state index is -0.802. The average molecular weight is 340 g/mol. The molecule has 2 aliphatic carbocycles. The van der Waals surface area contributed by atoms with Crippen molar-refractivity contribution >= 4 is 5.97 Å². The first-order valence-corrected chi connectivity index (χ1v) is 8.53. The molecule has 132 valence electrons. The first-order chi connectivity index (χ1) is 12.0. The second-order valence-electron chi connectivity index (χ2n) is 6.74. The lowest BCUT2D eigenvalue weighted by Gasteiger charge is -2.11. The summed E-state index contributed by atoms with van der Waals surface area (Å²) in [5.74, 6) is -1.02. The zero-order valence-electron chi connectivity index (χ0n) is 14.0. The Balaban J connectivity index is 0.000000146. The molecule has 0 heterocycles. The average Bonchev–Trinajstić information content (AvgIpc) is 3.14. The maximum absolute atomic E-state index is 10.8. The Morgan fingerprint density at radius 1 is 0.920 bits per heavy atom. The molecule has 0 aromatic heterocycles. The highest BCUT2D eigenvalue weighted by molar-refractivity contribution is 5.73. The van der Waals surface area contributed by atoms with Crippen molar-refractivity contribution in [3.05, 3.63) is 70.8 Å². The summed E-state index contributed by atoms with van der Waals surface area (Å²) in [6, 6.07) is 15.5. The number of hydrogen-bond donors (Lipinski definition) is 4. The highest BCUT2D eigenvalue weighted by atomic mass is 16.4. The molecule has 2 aromatic rings. The van der Waals surface area contributed by atoms with Crippen LogP contribution in [0.3, 0.4) is 0 Å². The van der Waals surface area contributed by atoms with Gasteiger partial charge >= 0.3 is 5.97 Å². The second-order valence-corrected chi connectivity index (χ2v) is 6.74. The van der Waals surface area contributed by atoms with E-state index in [2.05, 4.69) is 12.1 Å². The van der Waals surface area contributed by atoms with Crippen molar-refractivity contribution in [1.29, 1.82) is 0 Å². The minimum absolute atomic E-state index is 0.0335. The molecule has 0 unspecified atom stereocenters. The van der Waals surface area contributed by atoms with Crippen molar-refractivity contribution in [2.24, 2.45) is 23.3 Å². The molecule has 0 spiro atoms. The van der Waals surface area contributed by atoms with Crippen LogP contribution in [0.5, 0.6) is 0 Å². The van der Waals surface area contributed by atoms with Gasteiger partial charge < -0.3 is 21.7 Å². The number of fused-ring (bicyclic) bond motifs is 2. The molecule has 0 amide bonds. The summed E-state index contributed by atoms with van der Waals surface area (Å²) in [5, 5.41) is 17.9. The first kappa shape index (κ1) is 17.6. The third-order valence-corrected chi connectivity index (χ3v) is 5.24. The molecule has 2 aromatic carbocycles. The maximum Gasteiger partial charge on any atom is 0.308 e. The van der Waals surface area contributed by atoms with Crippen molar-refractivity contribution in [2.75, 3.05) is 6.61 Å². The molecule has 4 atom stereocenters. The van der Waals surface area contributed by atoms with E-state index in [4.69, 9.17) is 21.7 Å². The van der Waals surface area contributed by atoms with Gasteiger partial charge in [-0.05, 0) is 35.1 Å². The summed E-state index contributed by atoms with van der Waals surface area (Å²) in [5.41, 5.74) is 16.3. The van der Waals surface area contributed by atoms with E-state index in [9.17, 15) is 4.79 Å². The highest BCUT2D eigenvalue weighted by Crippen LogP contribution is 2.34. The molecule has 4 rings (SSSR count). The van der Waals surface area contributed by atoms with E-state index < -0.39 is 11.9 Å². The molecule has 5 heteroatoms. The summed E-state index contributed by atoms with van der Waals surface area (Å²) in [4.78, 5) is 10.8. The van der Waals surface area contributed by atoms with Crippen LogP contribution < -0.4 is 11.5 Å². The number of nitrogens with two attached hydrogens (primary N) is 2. The van der Waals surface area contributed by atoms with E-state index in [0.717, 1.165) is 17.5 Å². The quantitative estimate of drug-likeness (QED) is 0.666. The van der Waals surface area contributed by atoms with E-state index in [1.165, 1.54) is 11.1 Å². The van der Waals surface area contributed by atoms with Crippen LogP contribution in [-0.4, -0.2) is 22.8 Å². The minimum Gasteiger partial charge on any atom is -0.481 e. The Hall–Kier alpha value is -2.21. The summed E-state index contributed by atoms with van der Waals surface area (Å²) in [6.07, 6.45) is 1.49. The van der Waals surface area contributed by atoms with Crippen molar-refractivity contribution in [1.82, 2.24) is 0 Å². The summed E-state index contributed by atoms with van der Waals surface area (Å²) in [7, 11) is 0. The van der Waals surface area contributed by atoms with Crippen molar-refractivity contribution in [3.63, 3.8) is 0 Å². The van der Waals surface area contributed by atoms with Crippen molar-refractivity contribution < 1.29 is 15.0 Å². The van der Waals surface area contributed by atoms with E-state index in [1.54, 1.807) is 0 Å². The Kier molecular flexibility index (Phi) is 5.18. The molecule has 2 aliphatic rings. The Morgan fingerprint density at radius 3 is 1.92 bits per heavy atom. The van der Waals surface area contributed by atoms with Gasteiger partial charge in [0, 0.05) is 24.6 Å². The Bertz CT molecular complexity index is 762. The third kappa shape index (κ3) is 3.44. The zero-order chi connectivity index (χ0) is 18.0. The van der Waals surface area contributed by atoms with Crippen LogP contribution in [-0.2, 0) is 17.6 Å². The van der Waals surface area contributed by atoms with Crippen LogP contribution in [0.15, 0.2) is 48.5 Å². The Labute approximate surface area is 147 Å². The molecule has 0 aliphatic heterocycles. The second kappa shape index (κ2) is 7.35. The fourth-order valence-electron chi connectivity index (χ4n) is 3.75. The Morgan fingerprint density at radius 2 is 1.44 bits per heavy atom. The number of hydrogen-bond acceptors (Lipinski definition) is 4. The van der Waals surface area contributed by atoms with Gasteiger partial charge in [0.2, 0.25) is 0 Å². The molecular formula is C20H24N2O3. The lowest BCUT2D eigenvalue weighted by atomic mass is 10.0. The van der Waals surface area contributed by atoms with Crippen LogP contribution in [0, 0.1) is 11.8 Å². The largest absolute Gasteiger partial charge is 0.481 e. The fourth-order valence-corrected chi connectivity index (χ4v) is 3.75. The molecule has 25 heavy (non-hydrogen) atoms. The molecule has 0 fully saturated rings. The molecular weight excluding hydrogens is 316 g/mol. The molecule has 0 bridgehead atoms. The number of carbonyl (C=O) groups is 1. The summed E-state index contributed by atoms with van der Waals surface area (Å²) in [6.45, 7) is 0.190. The van der Waals surface area contributed by atoms with E-state index in [-0.39, 0.29) is 24.6 Å². The fraction of sp³-hybridized carbons (Fsp3) is 0.350. The molecule has 0 saturated heterocycles. The van der Waals surface area contributed by atoms with Gasteiger partial charge in [0.25, 0.3) is 0 Å². The first-order valence-electron chi connectivity index (χ1n) is 8.53. The number of aliphatic carboxylic acids is 1. The number of benzene rings is 2. The van der Waals surface area contributed by atoms with Crippen LogP contribution in [0.1, 0.15) is 34.3 Å². The lowest BCUT2D eigenvalue weighted by molar-refractivity contribution is -0.142. The number of aliphatic hydroxyl groups is 1. The van der Waals surface area contributed by atoms with Crippen LogP contribution in [0.4, 0.5) is 0 Å². The van der Waals surface area contributed by atoms with Crippen LogP contribution >= 0.6 is 0 Å². The highest BCUT2D eigenvalue weighted by Gasteiger charge is 2.34. The van der Waals surface area contributed by atoms with Gasteiger partial charge in [-0.3, -0.25) is 4.79 Å². The molecule has 0 saturated carbocycles. The van der Waals surface area contributed by atoms with Gasteiger partial charge in [0.15, 0.2) is 0 Å². The van der Waals surface area contributed by atoms with E-state index >= 15 is 0 Å². The standard InChI is InChI=1S/C10H11NO2.C10H13NO/c11-9-7-4-2-1-3-6(7)5-8(9)10(12)13;11-10-8(6-12)5-7-3-1-2-4-9(7)10/h1-4,8-9H,5,11H2,(H,12,13);1-4,8,10,12H,5-6,11H2/t8-,9+;8-,10+/m10/s1. The van der Waals surface area contributed by atoms with Crippen LogP contribution in [0.25, 0.3) is 0 Å².